The molecule has 1 aromatic heterocycles. The predicted molar refractivity (Wildman–Crippen MR) is 81.6 cm³/mol. The van der Waals surface area contributed by atoms with E-state index in [1.165, 1.54) is 16.8 Å². The van der Waals surface area contributed by atoms with Crippen LogP contribution in [-0.2, 0) is 22.3 Å². The van der Waals surface area contributed by atoms with Crippen molar-refractivity contribution >= 4 is 23.5 Å². The summed E-state index contributed by atoms with van der Waals surface area (Å²) in [7, 11) is 0. The molecule has 2 N–H and O–H groups in total. The number of rotatable bonds is 3. The van der Waals surface area contributed by atoms with E-state index in [1.807, 2.05) is 0 Å². The van der Waals surface area contributed by atoms with Gasteiger partial charge in [0, 0.05) is 12.1 Å². The number of aryl methyl sites for hydroxylation is 1. The van der Waals surface area contributed by atoms with Gasteiger partial charge in [0.15, 0.2) is 0 Å². The number of halogens is 3. The number of hydrogen-bond donors (Lipinski definition) is 2. The summed E-state index contributed by atoms with van der Waals surface area (Å²) in [4.78, 5) is 28.1. The van der Waals surface area contributed by atoms with Crippen molar-refractivity contribution in [2.45, 2.75) is 26.1 Å². The van der Waals surface area contributed by atoms with Crippen molar-refractivity contribution in [3.05, 3.63) is 35.7 Å². The number of anilines is 2. The molecule has 132 valence electrons. The Hall–Kier alpha value is -2.91. The van der Waals surface area contributed by atoms with Crippen LogP contribution in [0.1, 0.15) is 17.8 Å². The SMILES string of the molecule is Cc1nc2n(n1)CC(CC(=O)Nc1cccc(C(F)(F)F)c1)C(=O)N2. The molecule has 1 unspecified atom stereocenters. The highest BCUT2D eigenvalue weighted by Crippen LogP contribution is 2.30. The average Bonchev–Trinajstić information content (AvgIpc) is 2.86. The van der Waals surface area contributed by atoms with Crippen molar-refractivity contribution in [3.8, 4) is 0 Å². The quantitative estimate of drug-likeness (QED) is 0.885. The Morgan fingerprint density at radius 1 is 1.44 bits per heavy atom. The van der Waals surface area contributed by atoms with Gasteiger partial charge in [-0.05, 0) is 25.1 Å². The summed E-state index contributed by atoms with van der Waals surface area (Å²) < 4.78 is 39.6. The number of alkyl halides is 3. The van der Waals surface area contributed by atoms with Crippen molar-refractivity contribution in [2.24, 2.45) is 5.92 Å². The largest absolute Gasteiger partial charge is 0.416 e. The highest BCUT2D eigenvalue weighted by Gasteiger charge is 2.32. The summed E-state index contributed by atoms with van der Waals surface area (Å²) in [5.41, 5.74) is -0.836. The van der Waals surface area contributed by atoms with Gasteiger partial charge in [-0.15, -0.1) is 0 Å². The highest BCUT2D eigenvalue weighted by molar-refractivity contribution is 5.98. The zero-order valence-corrected chi connectivity index (χ0v) is 13.1. The second-order valence-electron chi connectivity index (χ2n) is 5.68. The maximum atomic E-state index is 12.7. The molecular formula is C15H14F3N5O2. The van der Waals surface area contributed by atoms with E-state index in [1.54, 1.807) is 6.92 Å². The Morgan fingerprint density at radius 2 is 2.20 bits per heavy atom. The van der Waals surface area contributed by atoms with Gasteiger partial charge in [0.05, 0.1) is 18.0 Å². The highest BCUT2D eigenvalue weighted by atomic mass is 19.4. The Labute approximate surface area is 140 Å². The van der Waals surface area contributed by atoms with Crippen LogP contribution < -0.4 is 10.6 Å². The molecule has 2 amide bonds. The minimum Gasteiger partial charge on any atom is -0.326 e. The fourth-order valence-corrected chi connectivity index (χ4v) is 2.55. The van der Waals surface area contributed by atoms with Gasteiger partial charge in [-0.25, -0.2) is 4.68 Å². The van der Waals surface area contributed by atoms with Crippen molar-refractivity contribution in [1.29, 1.82) is 0 Å². The third kappa shape index (κ3) is 3.78. The molecule has 2 heterocycles. The number of nitrogens with zero attached hydrogens (tertiary/aromatic N) is 3. The van der Waals surface area contributed by atoms with Gasteiger partial charge >= 0.3 is 6.18 Å². The third-order valence-electron chi connectivity index (χ3n) is 3.68. The minimum absolute atomic E-state index is 0.0216. The Balaban J connectivity index is 1.66. The first-order valence-electron chi connectivity index (χ1n) is 7.42. The first kappa shape index (κ1) is 16.9. The smallest absolute Gasteiger partial charge is 0.326 e. The second-order valence-corrected chi connectivity index (χ2v) is 5.68. The summed E-state index contributed by atoms with van der Waals surface area (Å²) in [5, 5.41) is 9.04. The van der Waals surface area contributed by atoms with Gasteiger partial charge in [0.25, 0.3) is 0 Å². The molecule has 7 nitrogen and oxygen atoms in total. The summed E-state index contributed by atoms with van der Waals surface area (Å²) >= 11 is 0. The molecule has 0 radical (unpaired) electrons. The molecule has 0 bridgehead atoms. The fourth-order valence-electron chi connectivity index (χ4n) is 2.55. The van der Waals surface area contributed by atoms with Crippen LogP contribution in [0.25, 0.3) is 0 Å². The molecule has 1 aromatic carbocycles. The molecule has 0 saturated heterocycles. The van der Waals surface area contributed by atoms with E-state index in [4.69, 9.17) is 0 Å². The first-order chi connectivity index (χ1) is 11.7. The van der Waals surface area contributed by atoms with E-state index < -0.39 is 23.6 Å². The third-order valence-corrected chi connectivity index (χ3v) is 3.68. The lowest BCUT2D eigenvalue weighted by molar-refractivity contribution is -0.137. The van der Waals surface area contributed by atoms with Gasteiger partial charge < -0.3 is 5.32 Å². The lowest BCUT2D eigenvalue weighted by Crippen LogP contribution is -2.36. The van der Waals surface area contributed by atoms with Crippen molar-refractivity contribution in [3.63, 3.8) is 0 Å². The number of amides is 2. The standard InChI is InChI=1S/C15H14F3N5O2/c1-8-19-14-21-13(25)9(7-23(14)22-8)5-12(24)20-11-4-2-3-10(6-11)15(16,17)18/h2-4,6,9H,5,7H2,1H3,(H,20,24)(H,19,21,22,25). The molecular weight excluding hydrogens is 339 g/mol. The molecule has 2 aromatic rings. The summed E-state index contributed by atoms with van der Waals surface area (Å²) in [5.74, 6) is -0.806. The number of carbonyl (C=O) groups is 2. The predicted octanol–water partition coefficient (Wildman–Crippen LogP) is 2.20. The van der Waals surface area contributed by atoms with Crippen LogP contribution in [0.5, 0.6) is 0 Å². The van der Waals surface area contributed by atoms with Gasteiger partial charge in [-0.2, -0.15) is 23.3 Å². The number of carbonyl (C=O) groups excluding carboxylic acids is 2. The van der Waals surface area contributed by atoms with Crippen molar-refractivity contribution < 1.29 is 22.8 Å². The minimum atomic E-state index is -4.49. The average molecular weight is 353 g/mol. The molecule has 25 heavy (non-hydrogen) atoms. The number of hydrogen-bond acceptors (Lipinski definition) is 4. The summed E-state index contributed by atoms with van der Waals surface area (Å²) in [6.45, 7) is 1.85. The van der Waals surface area contributed by atoms with Crippen LogP contribution in [0.4, 0.5) is 24.8 Å². The zero-order valence-electron chi connectivity index (χ0n) is 13.1. The molecule has 0 saturated carbocycles. The fraction of sp³-hybridized carbons (Fsp3) is 0.333. The number of nitrogens with one attached hydrogen (secondary N) is 2. The monoisotopic (exact) mass is 353 g/mol. The molecule has 1 atom stereocenters. The summed E-state index contributed by atoms with van der Waals surface area (Å²) in [6, 6.07) is 4.32. The molecule has 3 rings (SSSR count). The van der Waals surface area contributed by atoms with E-state index in [9.17, 15) is 22.8 Å². The molecule has 0 spiro atoms. The normalized spacial score (nSPS) is 17.0. The maximum Gasteiger partial charge on any atom is 0.416 e. The van der Waals surface area contributed by atoms with Crippen LogP contribution >= 0.6 is 0 Å². The van der Waals surface area contributed by atoms with Crippen LogP contribution in [0.15, 0.2) is 24.3 Å². The lowest BCUT2D eigenvalue weighted by Gasteiger charge is -2.21. The maximum absolute atomic E-state index is 12.7. The molecule has 0 fully saturated rings. The Bertz CT molecular complexity index is 831. The lowest BCUT2D eigenvalue weighted by atomic mass is 10.0. The van der Waals surface area contributed by atoms with Crippen LogP contribution in [0.3, 0.4) is 0 Å². The molecule has 0 aliphatic carbocycles. The van der Waals surface area contributed by atoms with Crippen LogP contribution in [0.2, 0.25) is 0 Å². The van der Waals surface area contributed by atoms with Crippen molar-refractivity contribution in [1.82, 2.24) is 14.8 Å². The van der Waals surface area contributed by atoms with Gasteiger partial charge in [0.1, 0.15) is 5.82 Å². The first-order valence-corrected chi connectivity index (χ1v) is 7.42. The number of benzene rings is 1. The zero-order chi connectivity index (χ0) is 18.2. The van der Waals surface area contributed by atoms with Gasteiger partial charge in [-0.1, -0.05) is 6.07 Å². The molecule has 10 heteroatoms. The molecule has 1 aliphatic rings. The van der Waals surface area contributed by atoms with E-state index in [-0.39, 0.29) is 24.6 Å². The van der Waals surface area contributed by atoms with Crippen molar-refractivity contribution in [2.75, 3.05) is 10.6 Å². The van der Waals surface area contributed by atoms with E-state index in [0.29, 0.717) is 11.8 Å². The Morgan fingerprint density at radius 3 is 2.92 bits per heavy atom. The topological polar surface area (TPSA) is 88.9 Å². The van der Waals surface area contributed by atoms with Gasteiger partial charge in [0.2, 0.25) is 17.8 Å². The van der Waals surface area contributed by atoms with Gasteiger partial charge in [-0.3, -0.25) is 14.9 Å². The number of fused-ring (bicyclic) bond motifs is 1. The van der Waals surface area contributed by atoms with E-state index >= 15 is 0 Å². The number of aromatic nitrogens is 3. The van der Waals surface area contributed by atoms with E-state index in [0.717, 1.165) is 12.1 Å². The Kier molecular flexibility index (Phi) is 4.19. The van der Waals surface area contributed by atoms with E-state index in [2.05, 4.69) is 20.7 Å². The van der Waals surface area contributed by atoms with Crippen LogP contribution in [-0.4, -0.2) is 26.6 Å². The second kappa shape index (κ2) is 6.19. The molecule has 1 aliphatic heterocycles. The summed E-state index contributed by atoms with van der Waals surface area (Å²) in [6.07, 6.45) is -4.67. The van der Waals surface area contributed by atoms with Crippen LogP contribution in [0, 0.1) is 12.8 Å².